The molecule has 1 N–H and O–H groups in total. The fourth-order valence-corrected chi connectivity index (χ4v) is 15.6. The van der Waals surface area contributed by atoms with Crippen LogP contribution in [0.5, 0.6) is 0 Å². The number of carbonyl (C=O) groups is 2. The van der Waals surface area contributed by atoms with Gasteiger partial charge in [0.2, 0.25) is 11.8 Å². The number of benzene rings is 3. The molecule has 5 nitrogen and oxygen atoms in total. The van der Waals surface area contributed by atoms with Crippen LogP contribution in [0.15, 0.2) is 132 Å². The number of rotatable bonds is 7. The molecule has 2 aliphatic heterocycles. The molecule has 4 aliphatic rings. The standard InChI is InChI=1S/C44H52N2O3SSi/c1-41(2,3)51(33-22-13-8-14-23-33,34-24-15-9-16-25-34)49-38-37(50-32-20-11-7-12-21-32)30-36-35(42(38,4)5)31-44(39(47)45-36)28-19-29-46(44)40(48)43(6)26-17-10-18-27-43/h7-9,11-18,20-27,30,35,37-38H,10,19,28-29,31H2,1-6H3,(H,45,47)/t35-,37-,38-,44+/m0/s1. The Labute approximate surface area is 309 Å². The summed E-state index contributed by atoms with van der Waals surface area (Å²) in [4.78, 5) is 31.9. The molecule has 7 heteroatoms. The van der Waals surface area contributed by atoms with Gasteiger partial charge in [0.1, 0.15) is 5.54 Å². The minimum atomic E-state index is -2.97. The smallest absolute Gasteiger partial charge is 0.261 e. The summed E-state index contributed by atoms with van der Waals surface area (Å²) in [6.07, 6.45) is 13.1. The molecular formula is C44H52N2O3SSi. The monoisotopic (exact) mass is 716 g/mol. The van der Waals surface area contributed by atoms with Crippen molar-refractivity contribution >= 4 is 42.3 Å². The Bertz CT molecular complexity index is 1800. The maximum absolute atomic E-state index is 14.4. The third kappa shape index (κ3) is 6.09. The number of hydrogen-bond donors (Lipinski definition) is 1. The van der Waals surface area contributed by atoms with Gasteiger partial charge in [-0.15, -0.1) is 11.8 Å². The second kappa shape index (κ2) is 13.4. The lowest BCUT2D eigenvalue weighted by molar-refractivity contribution is -0.152. The number of amides is 2. The van der Waals surface area contributed by atoms with Crippen molar-refractivity contribution < 1.29 is 14.0 Å². The van der Waals surface area contributed by atoms with E-state index in [9.17, 15) is 9.59 Å². The van der Waals surface area contributed by atoms with Gasteiger partial charge < -0.3 is 14.6 Å². The van der Waals surface area contributed by atoms with Crippen LogP contribution in [0.1, 0.15) is 67.2 Å². The van der Waals surface area contributed by atoms with Gasteiger partial charge in [0, 0.05) is 23.1 Å². The van der Waals surface area contributed by atoms with Crippen LogP contribution in [0, 0.1) is 16.7 Å². The highest BCUT2D eigenvalue weighted by Crippen LogP contribution is 2.55. The zero-order chi connectivity index (χ0) is 36.1. The van der Waals surface area contributed by atoms with E-state index in [4.69, 9.17) is 4.43 Å². The molecular weight excluding hydrogens is 665 g/mol. The minimum Gasteiger partial charge on any atom is -0.402 e. The van der Waals surface area contributed by atoms with Gasteiger partial charge >= 0.3 is 0 Å². The van der Waals surface area contributed by atoms with E-state index in [-0.39, 0.29) is 34.1 Å². The number of fused-ring (bicyclic) bond motifs is 1. The van der Waals surface area contributed by atoms with Crippen LogP contribution in [0.4, 0.5) is 0 Å². The second-order valence-electron chi connectivity index (χ2n) is 16.7. The molecule has 3 aromatic carbocycles. The molecule has 0 radical (unpaired) electrons. The zero-order valence-corrected chi connectivity index (χ0v) is 32.7. The summed E-state index contributed by atoms with van der Waals surface area (Å²) in [5.41, 5.74) is -1.09. The topological polar surface area (TPSA) is 58.6 Å². The summed E-state index contributed by atoms with van der Waals surface area (Å²) in [7, 11) is -2.97. The number of piperidine rings is 1. The molecule has 7 rings (SSSR count). The first-order valence-corrected chi connectivity index (χ1v) is 21.3. The molecule has 51 heavy (non-hydrogen) atoms. The van der Waals surface area contributed by atoms with Crippen molar-refractivity contribution in [1.29, 1.82) is 0 Å². The van der Waals surface area contributed by atoms with Crippen LogP contribution in [0.25, 0.3) is 0 Å². The molecule has 0 aromatic heterocycles. The summed E-state index contributed by atoms with van der Waals surface area (Å²) < 4.78 is 8.09. The van der Waals surface area contributed by atoms with E-state index >= 15 is 0 Å². The van der Waals surface area contributed by atoms with Gasteiger partial charge in [0.15, 0.2) is 0 Å². The largest absolute Gasteiger partial charge is 0.402 e. The number of carbonyl (C=O) groups excluding carboxylic acids is 2. The number of likely N-dealkylation sites (tertiary alicyclic amines) is 1. The van der Waals surface area contributed by atoms with Crippen LogP contribution in [0.2, 0.25) is 5.04 Å². The molecule has 4 atom stereocenters. The van der Waals surface area contributed by atoms with Crippen LogP contribution < -0.4 is 15.7 Å². The van der Waals surface area contributed by atoms with E-state index in [2.05, 4.69) is 149 Å². The predicted molar refractivity (Wildman–Crippen MR) is 211 cm³/mol. The Morgan fingerprint density at radius 2 is 1.45 bits per heavy atom. The third-order valence-electron chi connectivity index (χ3n) is 12.0. The average molecular weight is 717 g/mol. The highest BCUT2D eigenvalue weighted by Gasteiger charge is 2.62. The summed E-state index contributed by atoms with van der Waals surface area (Å²) in [6, 6.07) is 32.3. The lowest BCUT2D eigenvalue weighted by Gasteiger charge is -2.57. The zero-order valence-electron chi connectivity index (χ0n) is 30.9. The van der Waals surface area contributed by atoms with Gasteiger partial charge in [0.25, 0.3) is 8.32 Å². The van der Waals surface area contributed by atoms with E-state index in [1.165, 1.54) is 10.4 Å². The van der Waals surface area contributed by atoms with E-state index in [0.29, 0.717) is 19.4 Å². The molecule has 2 fully saturated rings. The highest BCUT2D eigenvalue weighted by atomic mass is 32.2. The number of hydrogen-bond acceptors (Lipinski definition) is 4. The number of nitrogens with one attached hydrogen (secondary N) is 1. The van der Waals surface area contributed by atoms with E-state index in [0.717, 1.165) is 23.4 Å². The fraction of sp³-hybridized carbons (Fsp3) is 0.409. The molecule has 3 aromatic rings. The Hall–Kier alpha value is -3.65. The van der Waals surface area contributed by atoms with Crippen molar-refractivity contribution in [1.82, 2.24) is 10.2 Å². The first kappa shape index (κ1) is 35.7. The molecule has 2 aliphatic carbocycles. The summed E-state index contributed by atoms with van der Waals surface area (Å²) >= 11 is 1.81. The predicted octanol–water partition coefficient (Wildman–Crippen LogP) is 8.04. The van der Waals surface area contributed by atoms with Gasteiger partial charge in [0.05, 0.1) is 16.8 Å². The first-order valence-electron chi connectivity index (χ1n) is 18.5. The quantitative estimate of drug-likeness (QED) is 0.199. The molecule has 2 saturated heterocycles. The molecule has 0 bridgehead atoms. The Morgan fingerprint density at radius 1 is 0.882 bits per heavy atom. The van der Waals surface area contributed by atoms with Crippen molar-refractivity contribution in [2.24, 2.45) is 16.7 Å². The van der Waals surface area contributed by atoms with Crippen molar-refractivity contribution in [3.63, 3.8) is 0 Å². The van der Waals surface area contributed by atoms with Gasteiger partial charge in [-0.2, -0.15) is 0 Å². The normalized spacial score (nSPS) is 26.8. The lowest BCUT2D eigenvalue weighted by atomic mass is 9.62. The Kier molecular flexibility index (Phi) is 9.39. The number of allylic oxidation sites excluding steroid dienone is 3. The van der Waals surface area contributed by atoms with Gasteiger partial charge in [-0.3, -0.25) is 9.59 Å². The van der Waals surface area contributed by atoms with E-state index in [1.807, 2.05) is 35.7 Å². The Balaban J connectivity index is 1.35. The lowest BCUT2D eigenvalue weighted by Crippen LogP contribution is -2.71. The summed E-state index contributed by atoms with van der Waals surface area (Å²) in [6.45, 7) is 14.2. The minimum absolute atomic E-state index is 0.0148. The molecule has 266 valence electrons. The average Bonchev–Trinajstić information content (AvgIpc) is 3.54. The Morgan fingerprint density at radius 3 is 2.02 bits per heavy atom. The van der Waals surface area contributed by atoms with Crippen molar-refractivity contribution in [3.8, 4) is 0 Å². The van der Waals surface area contributed by atoms with Gasteiger partial charge in [-0.25, -0.2) is 0 Å². The van der Waals surface area contributed by atoms with Crippen LogP contribution in [-0.4, -0.2) is 48.5 Å². The van der Waals surface area contributed by atoms with Gasteiger partial charge in [-0.1, -0.05) is 138 Å². The first-order chi connectivity index (χ1) is 24.3. The fourth-order valence-electron chi connectivity index (χ4n) is 9.25. The summed E-state index contributed by atoms with van der Waals surface area (Å²) in [5, 5.41) is 5.66. The van der Waals surface area contributed by atoms with Crippen LogP contribution in [0.3, 0.4) is 0 Å². The van der Waals surface area contributed by atoms with Crippen LogP contribution >= 0.6 is 11.8 Å². The number of thioether (sulfide) groups is 1. The van der Waals surface area contributed by atoms with Crippen molar-refractivity contribution in [2.75, 3.05) is 6.54 Å². The SMILES string of the molecule is CC1(C(=O)N2CCC[C@]23C[C@H]2C(=C[C@H](Sc4ccccc4)[C@H](O[Si](c4ccccc4)(c4ccccc4)C(C)(C)C)C2(C)C)NC3=O)C=CCC=C1. The van der Waals surface area contributed by atoms with Crippen LogP contribution in [-0.2, 0) is 14.0 Å². The van der Waals surface area contributed by atoms with Crippen molar-refractivity contribution in [2.45, 2.75) is 94.1 Å². The second-order valence-corrected chi connectivity index (χ2v) is 22.2. The maximum atomic E-state index is 14.4. The van der Waals surface area contributed by atoms with E-state index < -0.39 is 24.7 Å². The number of nitrogens with zero attached hydrogens (tertiary/aromatic N) is 1. The summed E-state index contributed by atoms with van der Waals surface area (Å²) in [5.74, 6) is -0.0560. The third-order valence-corrected chi connectivity index (χ3v) is 18.2. The maximum Gasteiger partial charge on any atom is 0.261 e. The van der Waals surface area contributed by atoms with Gasteiger partial charge in [-0.05, 0) is 71.6 Å². The molecule has 1 spiro atoms. The van der Waals surface area contributed by atoms with E-state index in [1.54, 1.807) is 0 Å². The molecule has 0 unspecified atom stereocenters. The molecule has 0 saturated carbocycles. The molecule has 2 heterocycles. The molecule has 2 amide bonds. The van der Waals surface area contributed by atoms with Crippen molar-refractivity contribution in [3.05, 3.63) is 127 Å². The highest BCUT2D eigenvalue weighted by molar-refractivity contribution is 8.00.